The summed E-state index contributed by atoms with van der Waals surface area (Å²) in [5.74, 6) is 0.845. The predicted molar refractivity (Wildman–Crippen MR) is 70.8 cm³/mol. The number of rotatable bonds is 1. The Bertz CT molecular complexity index is 373. The quantitative estimate of drug-likeness (QED) is 0.733. The fourth-order valence-electron chi connectivity index (χ4n) is 2.68. The standard InChI is InChI=1S/C14H22N2/c1-10-7-8-16(12(3)9-10)13-6-4-5-11(2)14(13)15/h4-6,10,12H,7-9,15H2,1-3H3. The van der Waals surface area contributed by atoms with Gasteiger partial charge in [-0.15, -0.1) is 0 Å². The Hall–Kier alpha value is -1.18. The lowest BCUT2D eigenvalue weighted by Gasteiger charge is -2.39. The molecule has 1 aromatic rings. The number of anilines is 2. The molecule has 0 bridgehead atoms. The van der Waals surface area contributed by atoms with E-state index >= 15 is 0 Å². The van der Waals surface area contributed by atoms with Gasteiger partial charge in [-0.3, -0.25) is 0 Å². The van der Waals surface area contributed by atoms with Gasteiger partial charge in [0.05, 0.1) is 11.4 Å². The van der Waals surface area contributed by atoms with E-state index in [1.807, 2.05) is 0 Å². The lowest BCUT2D eigenvalue weighted by molar-refractivity contribution is 0.378. The molecule has 0 saturated carbocycles. The fourth-order valence-corrected chi connectivity index (χ4v) is 2.68. The Morgan fingerprint density at radius 1 is 1.31 bits per heavy atom. The molecule has 0 amide bonds. The molecule has 1 fully saturated rings. The maximum Gasteiger partial charge on any atom is 0.0605 e. The molecule has 2 rings (SSSR count). The summed E-state index contributed by atoms with van der Waals surface area (Å²) in [5.41, 5.74) is 9.52. The van der Waals surface area contributed by atoms with Crippen LogP contribution >= 0.6 is 0 Å². The van der Waals surface area contributed by atoms with Crippen LogP contribution < -0.4 is 10.6 Å². The number of benzene rings is 1. The van der Waals surface area contributed by atoms with Crippen molar-refractivity contribution in [2.45, 2.75) is 39.7 Å². The number of nitrogens with two attached hydrogens (primary N) is 1. The third-order valence-corrected chi connectivity index (χ3v) is 3.75. The van der Waals surface area contributed by atoms with Gasteiger partial charge in [0.2, 0.25) is 0 Å². The van der Waals surface area contributed by atoms with E-state index in [-0.39, 0.29) is 0 Å². The van der Waals surface area contributed by atoms with Crippen molar-refractivity contribution < 1.29 is 0 Å². The van der Waals surface area contributed by atoms with Gasteiger partial charge in [-0.25, -0.2) is 0 Å². The van der Waals surface area contributed by atoms with Gasteiger partial charge in [-0.05, 0) is 44.2 Å². The molecule has 0 spiro atoms. The predicted octanol–water partition coefficient (Wildman–Crippen LogP) is 3.20. The minimum Gasteiger partial charge on any atom is -0.397 e. The maximum atomic E-state index is 6.17. The Morgan fingerprint density at radius 2 is 2.06 bits per heavy atom. The van der Waals surface area contributed by atoms with Crippen molar-refractivity contribution in [3.63, 3.8) is 0 Å². The van der Waals surface area contributed by atoms with Gasteiger partial charge in [0.25, 0.3) is 0 Å². The van der Waals surface area contributed by atoms with Crippen LogP contribution in [0.15, 0.2) is 18.2 Å². The topological polar surface area (TPSA) is 29.3 Å². The van der Waals surface area contributed by atoms with Crippen molar-refractivity contribution in [2.24, 2.45) is 5.92 Å². The SMILES string of the molecule is Cc1cccc(N2CCC(C)CC2C)c1N. The third kappa shape index (κ3) is 2.01. The largest absolute Gasteiger partial charge is 0.397 e. The summed E-state index contributed by atoms with van der Waals surface area (Å²) >= 11 is 0. The summed E-state index contributed by atoms with van der Waals surface area (Å²) < 4.78 is 0. The maximum absolute atomic E-state index is 6.17. The van der Waals surface area contributed by atoms with Gasteiger partial charge in [-0.2, -0.15) is 0 Å². The smallest absolute Gasteiger partial charge is 0.0605 e. The molecule has 1 aliphatic rings. The third-order valence-electron chi connectivity index (χ3n) is 3.75. The van der Waals surface area contributed by atoms with Crippen LogP contribution in [-0.4, -0.2) is 12.6 Å². The van der Waals surface area contributed by atoms with Crippen LogP contribution in [0, 0.1) is 12.8 Å². The minimum atomic E-state index is 0.604. The van der Waals surface area contributed by atoms with Crippen molar-refractivity contribution in [3.05, 3.63) is 23.8 Å². The summed E-state index contributed by atoms with van der Waals surface area (Å²) in [5, 5.41) is 0. The van der Waals surface area contributed by atoms with Crippen LogP contribution in [-0.2, 0) is 0 Å². The molecule has 0 aromatic heterocycles. The minimum absolute atomic E-state index is 0.604. The molecule has 1 aromatic carbocycles. The molecule has 16 heavy (non-hydrogen) atoms. The molecule has 1 saturated heterocycles. The van der Waals surface area contributed by atoms with Crippen molar-refractivity contribution >= 4 is 11.4 Å². The monoisotopic (exact) mass is 218 g/mol. The zero-order valence-corrected chi connectivity index (χ0v) is 10.5. The first-order chi connectivity index (χ1) is 7.59. The average Bonchev–Trinajstić information content (AvgIpc) is 2.23. The first-order valence-corrected chi connectivity index (χ1v) is 6.21. The first-order valence-electron chi connectivity index (χ1n) is 6.21. The second-order valence-corrected chi connectivity index (χ2v) is 5.18. The van der Waals surface area contributed by atoms with E-state index in [2.05, 4.69) is 43.9 Å². The summed E-state index contributed by atoms with van der Waals surface area (Å²) in [6, 6.07) is 6.93. The number of nitrogens with zero attached hydrogens (tertiary/aromatic N) is 1. The number of nitrogen functional groups attached to an aromatic ring is 1. The van der Waals surface area contributed by atoms with Gasteiger partial charge in [0.1, 0.15) is 0 Å². The molecule has 1 aliphatic heterocycles. The summed E-state index contributed by atoms with van der Waals surface area (Å²) in [6.07, 6.45) is 2.55. The van der Waals surface area contributed by atoms with E-state index in [0.717, 1.165) is 18.2 Å². The highest BCUT2D eigenvalue weighted by Crippen LogP contribution is 2.32. The number of para-hydroxylation sites is 1. The van der Waals surface area contributed by atoms with E-state index in [0.29, 0.717) is 6.04 Å². The molecule has 2 heteroatoms. The Morgan fingerprint density at radius 3 is 2.75 bits per heavy atom. The van der Waals surface area contributed by atoms with Crippen LogP contribution in [0.4, 0.5) is 11.4 Å². The molecule has 2 N–H and O–H groups in total. The Balaban J connectivity index is 2.27. The Kier molecular flexibility index (Phi) is 3.08. The van der Waals surface area contributed by atoms with Crippen LogP contribution in [0.3, 0.4) is 0 Å². The second kappa shape index (κ2) is 4.36. The van der Waals surface area contributed by atoms with Crippen molar-refractivity contribution in [1.29, 1.82) is 0 Å². The highest BCUT2D eigenvalue weighted by atomic mass is 15.2. The Labute approximate surface area is 98.4 Å². The fraction of sp³-hybridized carbons (Fsp3) is 0.571. The number of piperidine rings is 1. The van der Waals surface area contributed by atoms with Crippen LogP contribution in [0.1, 0.15) is 32.3 Å². The first kappa shape index (κ1) is 11.3. The normalized spacial score (nSPS) is 25.8. The molecule has 0 aliphatic carbocycles. The van der Waals surface area contributed by atoms with Gasteiger partial charge in [-0.1, -0.05) is 19.1 Å². The van der Waals surface area contributed by atoms with E-state index in [1.165, 1.54) is 24.1 Å². The van der Waals surface area contributed by atoms with Crippen LogP contribution in [0.2, 0.25) is 0 Å². The molecule has 2 atom stereocenters. The molecular weight excluding hydrogens is 196 g/mol. The van der Waals surface area contributed by atoms with E-state index < -0.39 is 0 Å². The van der Waals surface area contributed by atoms with Crippen molar-refractivity contribution in [2.75, 3.05) is 17.2 Å². The lowest BCUT2D eigenvalue weighted by Crippen LogP contribution is -2.40. The highest BCUT2D eigenvalue weighted by Gasteiger charge is 2.24. The molecular formula is C14H22N2. The zero-order chi connectivity index (χ0) is 11.7. The number of aryl methyl sites for hydroxylation is 1. The molecule has 2 unspecified atom stereocenters. The molecule has 1 heterocycles. The second-order valence-electron chi connectivity index (χ2n) is 5.18. The average molecular weight is 218 g/mol. The number of hydrogen-bond donors (Lipinski definition) is 1. The van der Waals surface area contributed by atoms with Crippen LogP contribution in [0.5, 0.6) is 0 Å². The van der Waals surface area contributed by atoms with Crippen molar-refractivity contribution in [3.8, 4) is 0 Å². The lowest BCUT2D eigenvalue weighted by atomic mass is 9.92. The van der Waals surface area contributed by atoms with Gasteiger partial charge < -0.3 is 10.6 Å². The van der Waals surface area contributed by atoms with Crippen LogP contribution in [0.25, 0.3) is 0 Å². The van der Waals surface area contributed by atoms with Gasteiger partial charge >= 0.3 is 0 Å². The summed E-state index contributed by atoms with van der Waals surface area (Å²) in [7, 11) is 0. The highest BCUT2D eigenvalue weighted by molar-refractivity contribution is 5.71. The number of hydrogen-bond acceptors (Lipinski definition) is 2. The molecule has 0 radical (unpaired) electrons. The van der Waals surface area contributed by atoms with E-state index in [4.69, 9.17) is 5.73 Å². The van der Waals surface area contributed by atoms with Gasteiger partial charge in [0, 0.05) is 12.6 Å². The van der Waals surface area contributed by atoms with Crippen molar-refractivity contribution in [1.82, 2.24) is 0 Å². The molecule has 88 valence electrons. The van der Waals surface area contributed by atoms with E-state index in [1.54, 1.807) is 0 Å². The van der Waals surface area contributed by atoms with E-state index in [9.17, 15) is 0 Å². The van der Waals surface area contributed by atoms with Gasteiger partial charge in [0.15, 0.2) is 0 Å². The summed E-state index contributed by atoms with van der Waals surface area (Å²) in [6.45, 7) is 7.86. The zero-order valence-electron chi connectivity index (χ0n) is 10.5. The molecule has 2 nitrogen and oxygen atoms in total. The summed E-state index contributed by atoms with van der Waals surface area (Å²) in [4.78, 5) is 2.46.